The molecule has 0 aromatic rings. The standard InChI is InChI=1S/C28H52N4O3/c1-20(2)9-13-30(8)25(33)19-28(7)10-14-31(15-11-28)27(35)24(18-22(5)6)32-16-12-29-23(26(32)34)17-21(3)4/h20-24,29H,9-19H2,1-8H3/t23-,24-/m0/s1. The van der Waals surface area contributed by atoms with Gasteiger partial charge in [-0.15, -0.1) is 0 Å². The lowest BCUT2D eigenvalue weighted by Crippen LogP contribution is -2.62. The smallest absolute Gasteiger partial charge is 0.245 e. The topological polar surface area (TPSA) is 73.0 Å². The van der Waals surface area contributed by atoms with Gasteiger partial charge in [0.1, 0.15) is 6.04 Å². The van der Waals surface area contributed by atoms with Crippen molar-refractivity contribution < 1.29 is 14.4 Å². The van der Waals surface area contributed by atoms with Crippen molar-refractivity contribution in [3.63, 3.8) is 0 Å². The molecule has 2 aliphatic rings. The van der Waals surface area contributed by atoms with E-state index in [9.17, 15) is 14.4 Å². The molecule has 0 aromatic heterocycles. The fraction of sp³-hybridized carbons (Fsp3) is 0.893. The van der Waals surface area contributed by atoms with Gasteiger partial charge in [-0.05, 0) is 55.3 Å². The molecule has 3 amide bonds. The predicted octanol–water partition coefficient (Wildman–Crippen LogP) is 3.77. The molecule has 2 fully saturated rings. The van der Waals surface area contributed by atoms with Crippen molar-refractivity contribution in [2.45, 2.75) is 99.1 Å². The summed E-state index contributed by atoms with van der Waals surface area (Å²) in [6.07, 6.45) is 4.67. The van der Waals surface area contributed by atoms with Crippen molar-refractivity contribution in [2.75, 3.05) is 39.8 Å². The van der Waals surface area contributed by atoms with Crippen molar-refractivity contribution in [2.24, 2.45) is 23.2 Å². The average molecular weight is 493 g/mol. The highest BCUT2D eigenvalue weighted by Gasteiger charge is 2.41. The minimum atomic E-state index is -0.396. The average Bonchev–Trinajstić information content (AvgIpc) is 2.76. The van der Waals surface area contributed by atoms with Gasteiger partial charge in [-0.3, -0.25) is 14.4 Å². The van der Waals surface area contributed by atoms with Crippen LogP contribution in [0.4, 0.5) is 0 Å². The molecule has 2 atom stereocenters. The van der Waals surface area contributed by atoms with Crippen LogP contribution in [-0.2, 0) is 14.4 Å². The predicted molar refractivity (Wildman–Crippen MR) is 142 cm³/mol. The Bertz CT molecular complexity index is 713. The third-order valence-corrected chi connectivity index (χ3v) is 7.72. The summed E-state index contributed by atoms with van der Waals surface area (Å²) in [5.74, 6) is 1.68. The number of hydrogen-bond acceptors (Lipinski definition) is 4. The van der Waals surface area contributed by atoms with Gasteiger partial charge in [-0.25, -0.2) is 0 Å². The van der Waals surface area contributed by atoms with Gasteiger partial charge in [0, 0.05) is 46.2 Å². The largest absolute Gasteiger partial charge is 0.346 e. The summed E-state index contributed by atoms with van der Waals surface area (Å²) in [7, 11) is 1.90. The number of likely N-dealkylation sites (tertiary alicyclic amines) is 1. The summed E-state index contributed by atoms with van der Waals surface area (Å²) in [5, 5.41) is 3.36. The molecule has 0 unspecified atom stereocenters. The van der Waals surface area contributed by atoms with Crippen LogP contribution < -0.4 is 5.32 Å². The Morgan fingerprint density at radius 2 is 1.66 bits per heavy atom. The van der Waals surface area contributed by atoms with E-state index in [1.807, 2.05) is 21.7 Å². The van der Waals surface area contributed by atoms with E-state index in [1.165, 1.54) is 0 Å². The molecule has 0 aromatic carbocycles. The SMILES string of the molecule is CC(C)CCN(C)C(=O)CC1(C)CCN(C(=O)[C@H](CC(C)C)N2CCN[C@@H](CC(C)C)C2=O)CC1. The van der Waals surface area contributed by atoms with Gasteiger partial charge in [0.2, 0.25) is 17.7 Å². The van der Waals surface area contributed by atoms with E-state index in [1.54, 1.807) is 0 Å². The summed E-state index contributed by atoms with van der Waals surface area (Å²) in [6, 6.07) is -0.595. The molecule has 1 N–H and O–H groups in total. The van der Waals surface area contributed by atoms with Crippen molar-refractivity contribution in [1.29, 1.82) is 0 Å². The van der Waals surface area contributed by atoms with Gasteiger partial charge in [0.15, 0.2) is 0 Å². The molecular weight excluding hydrogens is 440 g/mol. The van der Waals surface area contributed by atoms with E-state index in [0.29, 0.717) is 50.2 Å². The number of nitrogens with one attached hydrogen (secondary N) is 1. The Kier molecular flexibility index (Phi) is 11.1. The van der Waals surface area contributed by atoms with Gasteiger partial charge in [-0.1, -0.05) is 48.5 Å². The summed E-state index contributed by atoms with van der Waals surface area (Å²) in [4.78, 5) is 45.5. The fourth-order valence-electron chi connectivity index (χ4n) is 5.26. The van der Waals surface area contributed by atoms with E-state index in [-0.39, 0.29) is 29.2 Å². The quantitative estimate of drug-likeness (QED) is 0.477. The van der Waals surface area contributed by atoms with Crippen LogP contribution in [0, 0.1) is 23.2 Å². The third-order valence-electron chi connectivity index (χ3n) is 7.72. The van der Waals surface area contributed by atoms with Gasteiger partial charge in [0.25, 0.3) is 0 Å². The Morgan fingerprint density at radius 3 is 2.20 bits per heavy atom. The molecule has 2 heterocycles. The maximum Gasteiger partial charge on any atom is 0.245 e. The number of amides is 3. The minimum Gasteiger partial charge on any atom is -0.346 e. The first-order chi connectivity index (χ1) is 16.3. The monoisotopic (exact) mass is 492 g/mol. The zero-order valence-electron chi connectivity index (χ0n) is 23.7. The second-order valence-corrected chi connectivity index (χ2v) is 12.6. The van der Waals surface area contributed by atoms with E-state index >= 15 is 0 Å². The van der Waals surface area contributed by atoms with E-state index in [0.717, 1.165) is 38.8 Å². The van der Waals surface area contributed by atoms with Crippen LogP contribution in [0.5, 0.6) is 0 Å². The summed E-state index contributed by atoms with van der Waals surface area (Å²) >= 11 is 0. The molecule has 7 heteroatoms. The number of carbonyl (C=O) groups excluding carboxylic acids is 3. The highest BCUT2D eigenvalue weighted by Crippen LogP contribution is 2.35. The Morgan fingerprint density at radius 1 is 1.03 bits per heavy atom. The number of piperidine rings is 1. The number of rotatable bonds is 11. The molecule has 202 valence electrons. The molecule has 0 aliphatic carbocycles. The first kappa shape index (κ1) is 29.6. The van der Waals surface area contributed by atoms with Crippen LogP contribution in [0.15, 0.2) is 0 Å². The number of carbonyl (C=O) groups is 3. The van der Waals surface area contributed by atoms with Crippen molar-refractivity contribution in [3.05, 3.63) is 0 Å². The lowest BCUT2D eigenvalue weighted by molar-refractivity contribution is -0.151. The van der Waals surface area contributed by atoms with Crippen LogP contribution in [0.25, 0.3) is 0 Å². The van der Waals surface area contributed by atoms with E-state index < -0.39 is 6.04 Å². The van der Waals surface area contributed by atoms with E-state index in [2.05, 4.69) is 53.8 Å². The molecule has 2 rings (SSSR count). The molecule has 2 saturated heterocycles. The molecular formula is C28H52N4O3. The van der Waals surface area contributed by atoms with Crippen LogP contribution in [0.3, 0.4) is 0 Å². The van der Waals surface area contributed by atoms with Crippen LogP contribution in [0.2, 0.25) is 0 Å². The van der Waals surface area contributed by atoms with Crippen molar-refractivity contribution >= 4 is 17.7 Å². The highest BCUT2D eigenvalue weighted by atomic mass is 16.2. The number of piperazine rings is 1. The molecule has 0 radical (unpaired) electrons. The van der Waals surface area contributed by atoms with Gasteiger partial charge < -0.3 is 20.0 Å². The molecule has 7 nitrogen and oxygen atoms in total. The maximum atomic E-state index is 13.7. The summed E-state index contributed by atoms with van der Waals surface area (Å²) in [5.41, 5.74) is -0.0826. The van der Waals surface area contributed by atoms with Crippen LogP contribution >= 0.6 is 0 Å². The zero-order valence-corrected chi connectivity index (χ0v) is 23.7. The first-order valence-electron chi connectivity index (χ1n) is 13.9. The fourth-order valence-corrected chi connectivity index (χ4v) is 5.26. The number of hydrogen-bond donors (Lipinski definition) is 1. The second-order valence-electron chi connectivity index (χ2n) is 12.6. The lowest BCUT2D eigenvalue weighted by atomic mass is 9.77. The van der Waals surface area contributed by atoms with Gasteiger partial charge in [0.05, 0.1) is 6.04 Å². The Hall–Kier alpha value is -1.63. The minimum absolute atomic E-state index is 0.0702. The molecule has 0 saturated carbocycles. The Balaban J connectivity index is 2.01. The molecule has 35 heavy (non-hydrogen) atoms. The molecule has 0 bridgehead atoms. The maximum absolute atomic E-state index is 13.7. The Labute approximate surface area is 214 Å². The summed E-state index contributed by atoms with van der Waals surface area (Å²) in [6.45, 7) is 18.5. The highest BCUT2D eigenvalue weighted by molar-refractivity contribution is 5.90. The van der Waals surface area contributed by atoms with Crippen molar-refractivity contribution in [1.82, 2.24) is 20.0 Å². The first-order valence-corrected chi connectivity index (χ1v) is 13.9. The summed E-state index contributed by atoms with van der Waals surface area (Å²) < 4.78 is 0. The number of nitrogens with zero attached hydrogens (tertiary/aromatic N) is 3. The van der Waals surface area contributed by atoms with E-state index in [4.69, 9.17) is 0 Å². The molecule has 0 spiro atoms. The lowest BCUT2D eigenvalue weighted by Gasteiger charge is -2.44. The molecule has 2 aliphatic heterocycles. The zero-order chi connectivity index (χ0) is 26.3. The third kappa shape index (κ3) is 8.76. The van der Waals surface area contributed by atoms with Crippen molar-refractivity contribution in [3.8, 4) is 0 Å². The van der Waals surface area contributed by atoms with Gasteiger partial charge >= 0.3 is 0 Å². The van der Waals surface area contributed by atoms with Crippen LogP contribution in [0.1, 0.15) is 87.0 Å². The van der Waals surface area contributed by atoms with Gasteiger partial charge in [-0.2, -0.15) is 0 Å². The van der Waals surface area contributed by atoms with Crippen LogP contribution in [-0.4, -0.2) is 84.3 Å². The normalized spacial score (nSPS) is 21.7. The second kappa shape index (κ2) is 13.1.